The molecule has 1 atom stereocenters. The molecular weight excluding hydrogens is 384 g/mol. The van der Waals surface area contributed by atoms with Crippen LogP contribution in [0.4, 0.5) is 5.69 Å². The van der Waals surface area contributed by atoms with Crippen LogP contribution in [0.1, 0.15) is 32.4 Å². The monoisotopic (exact) mass is 404 g/mol. The Hall–Kier alpha value is -4.07. The molecule has 1 aromatic heterocycles. The van der Waals surface area contributed by atoms with E-state index in [9.17, 15) is 9.59 Å². The van der Waals surface area contributed by atoms with Gasteiger partial charge in [0.2, 0.25) is 0 Å². The van der Waals surface area contributed by atoms with Crippen molar-refractivity contribution in [2.45, 2.75) is 6.17 Å². The van der Waals surface area contributed by atoms with Gasteiger partial charge in [-0.3, -0.25) is 20.0 Å². The van der Waals surface area contributed by atoms with Crippen molar-refractivity contribution >= 4 is 17.5 Å². The predicted octanol–water partition coefficient (Wildman–Crippen LogP) is 3.01. The van der Waals surface area contributed by atoms with Gasteiger partial charge < -0.3 is 14.8 Å². The minimum atomic E-state index is -0.719. The summed E-state index contributed by atoms with van der Waals surface area (Å²) in [5.74, 6) is 0.364. The topological polar surface area (TPSA) is 92.8 Å². The number of ether oxygens (including phenoxy) is 2. The number of amides is 2. The summed E-state index contributed by atoms with van der Waals surface area (Å²) in [6.45, 7) is 0. The number of methoxy groups -OCH3 is 2. The van der Waals surface area contributed by atoms with E-state index >= 15 is 0 Å². The van der Waals surface area contributed by atoms with E-state index < -0.39 is 12.1 Å². The Labute approximate surface area is 173 Å². The molecular formula is C22H20N4O4. The molecule has 0 saturated heterocycles. The number of carbonyl (C=O) groups excluding carboxylic acids is 2. The number of nitrogens with zero attached hydrogens (tertiary/aromatic N) is 2. The first-order valence-corrected chi connectivity index (χ1v) is 9.24. The van der Waals surface area contributed by atoms with Gasteiger partial charge in [-0.15, -0.1) is 0 Å². The van der Waals surface area contributed by atoms with Gasteiger partial charge in [0.25, 0.3) is 11.8 Å². The lowest BCUT2D eigenvalue weighted by Crippen LogP contribution is -2.53. The fourth-order valence-electron chi connectivity index (χ4n) is 3.32. The molecule has 8 nitrogen and oxygen atoms in total. The molecule has 0 radical (unpaired) electrons. The Morgan fingerprint density at radius 2 is 1.83 bits per heavy atom. The van der Waals surface area contributed by atoms with Gasteiger partial charge in [-0.1, -0.05) is 12.1 Å². The number of pyridine rings is 1. The molecule has 2 N–H and O–H groups in total. The van der Waals surface area contributed by atoms with E-state index in [1.165, 1.54) is 17.4 Å². The second-order valence-electron chi connectivity index (χ2n) is 6.55. The Balaban J connectivity index is 1.78. The van der Waals surface area contributed by atoms with Crippen LogP contribution in [0.15, 0.2) is 67.0 Å². The number of fused-ring (bicyclic) bond motifs is 1. The number of rotatable bonds is 5. The van der Waals surface area contributed by atoms with Crippen LogP contribution in [0.25, 0.3) is 0 Å². The molecule has 4 rings (SSSR count). The van der Waals surface area contributed by atoms with Crippen LogP contribution in [0.3, 0.4) is 0 Å². The average molecular weight is 404 g/mol. The highest BCUT2D eigenvalue weighted by Gasteiger charge is 2.36. The van der Waals surface area contributed by atoms with E-state index in [0.717, 1.165) is 0 Å². The molecule has 2 amide bonds. The van der Waals surface area contributed by atoms with Crippen molar-refractivity contribution < 1.29 is 19.1 Å². The molecule has 0 fully saturated rings. The molecule has 152 valence electrons. The second kappa shape index (κ2) is 8.12. The first-order chi connectivity index (χ1) is 14.6. The summed E-state index contributed by atoms with van der Waals surface area (Å²) in [6, 6.07) is 15.6. The van der Waals surface area contributed by atoms with Crippen molar-refractivity contribution in [2.75, 3.05) is 19.5 Å². The van der Waals surface area contributed by atoms with Gasteiger partial charge in [0.05, 0.1) is 19.8 Å². The lowest BCUT2D eigenvalue weighted by atomic mass is 10.0. The van der Waals surface area contributed by atoms with Gasteiger partial charge in [0.15, 0.2) is 6.17 Å². The number of hydrogen-bond donors (Lipinski definition) is 2. The zero-order chi connectivity index (χ0) is 21.1. The number of aromatic nitrogens is 1. The zero-order valence-electron chi connectivity index (χ0n) is 16.5. The summed E-state index contributed by atoms with van der Waals surface area (Å²) in [6.07, 6.45) is 2.31. The smallest absolute Gasteiger partial charge is 0.276 e. The van der Waals surface area contributed by atoms with Crippen LogP contribution in [0.2, 0.25) is 0 Å². The van der Waals surface area contributed by atoms with Crippen LogP contribution in [-0.4, -0.2) is 36.0 Å². The van der Waals surface area contributed by atoms with Crippen molar-refractivity contribution in [3.8, 4) is 11.5 Å². The molecule has 1 aliphatic rings. The van der Waals surface area contributed by atoms with E-state index in [4.69, 9.17) is 9.47 Å². The molecule has 2 heterocycles. The molecule has 1 aliphatic heterocycles. The highest BCUT2D eigenvalue weighted by molar-refractivity contribution is 6.04. The van der Waals surface area contributed by atoms with E-state index in [1.54, 1.807) is 56.7 Å². The second-order valence-corrected chi connectivity index (χ2v) is 6.55. The number of hydrogen-bond acceptors (Lipinski definition) is 6. The SMILES string of the molecule is COc1ccc(OC)c([C@H]2Nc3ccccc3C(=O)N2NC(=O)c2ccncc2)c1. The lowest BCUT2D eigenvalue weighted by Gasteiger charge is -2.38. The number of carbonyl (C=O) groups is 2. The lowest BCUT2D eigenvalue weighted by molar-refractivity contribution is 0.0488. The van der Waals surface area contributed by atoms with Crippen molar-refractivity contribution in [1.29, 1.82) is 0 Å². The summed E-state index contributed by atoms with van der Waals surface area (Å²) in [4.78, 5) is 30.0. The highest BCUT2D eigenvalue weighted by atomic mass is 16.5. The zero-order valence-corrected chi connectivity index (χ0v) is 16.5. The number of benzene rings is 2. The third-order valence-corrected chi connectivity index (χ3v) is 4.82. The minimum Gasteiger partial charge on any atom is -0.497 e. The van der Waals surface area contributed by atoms with Gasteiger partial charge in [-0.25, -0.2) is 5.01 Å². The predicted molar refractivity (Wildman–Crippen MR) is 110 cm³/mol. The van der Waals surface area contributed by atoms with E-state index in [0.29, 0.717) is 33.9 Å². The standard InChI is InChI=1S/C22H20N4O4/c1-29-15-7-8-19(30-2)17(13-15)20-24-18-6-4-3-5-16(18)22(28)26(20)25-21(27)14-9-11-23-12-10-14/h3-13,20,24H,1-2H3,(H,25,27)/t20-/m0/s1. The van der Waals surface area contributed by atoms with Crippen molar-refractivity contribution in [3.63, 3.8) is 0 Å². The highest BCUT2D eigenvalue weighted by Crippen LogP contribution is 2.37. The summed E-state index contributed by atoms with van der Waals surface area (Å²) in [5.41, 5.74) is 4.85. The fraction of sp³-hybridized carbons (Fsp3) is 0.136. The molecule has 30 heavy (non-hydrogen) atoms. The number of nitrogens with one attached hydrogen (secondary N) is 2. The molecule has 0 saturated carbocycles. The van der Waals surface area contributed by atoms with Gasteiger partial charge >= 0.3 is 0 Å². The van der Waals surface area contributed by atoms with Crippen LogP contribution < -0.4 is 20.2 Å². The number of hydrazine groups is 1. The third kappa shape index (κ3) is 3.50. The quantitative estimate of drug-likeness (QED) is 0.679. The fourth-order valence-corrected chi connectivity index (χ4v) is 3.32. The Morgan fingerprint density at radius 3 is 2.57 bits per heavy atom. The molecule has 0 bridgehead atoms. The van der Waals surface area contributed by atoms with E-state index in [1.807, 2.05) is 12.1 Å². The first kappa shape index (κ1) is 19.3. The Kier molecular flexibility index (Phi) is 5.21. The van der Waals surface area contributed by atoms with Crippen LogP contribution in [0, 0.1) is 0 Å². The van der Waals surface area contributed by atoms with Crippen molar-refractivity contribution in [2.24, 2.45) is 0 Å². The molecule has 3 aromatic rings. The Morgan fingerprint density at radius 1 is 1.07 bits per heavy atom. The Bertz CT molecular complexity index is 1090. The van der Waals surface area contributed by atoms with E-state index in [2.05, 4.69) is 15.7 Å². The maximum Gasteiger partial charge on any atom is 0.276 e. The number of anilines is 1. The summed E-state index contributed by atoms with van der Waals surface area (Å²) in [7, 11) is 3.10. The minimum absolute atomic E-state index is 0.346. The normalized spacial score (nSPS) is 15.1. The largest absolute Gasteiger partial charge is 0.497 e. The van der Waals surface area contributed by atoms with E-state index in [-0.39, 0.29) is 5.91 Å². The molecule has 8 heteroatoms. The van der Waals surface area contributed by atoms with Gasteiger partial charge in [-0.2, -0.15) is 0 Å². The maximum absolute atomic E-state index is 13.3. The van der Waals surface area contributed by atoms with Gasteiger partial charge in [0.1, 0.15) is 11.5 Å². The number of para-hydroxylation sites is 1. The van der Waals surface area contributed by atoms with Crippen LogP contribution >= 0.6 is 0 Å². The van der Waals surface area contributed by atoms with Crippen molar-refractivity contribution in [1.82, 2.24) is 15.4 Å². The van der Waals surface area contributed by atoms with Crippen molar-refractivity contribution in [3.05, 3.63) is 83.7 Å². The molecule has 0 unspecified atom stereocenters. The van der Waals surface area contributed by atoms with Gasteiger partial charge in [-0.05, 0) is 42.5 Å². The average Bonchev–Trinajstić information content (AvgIpc) is 2.80. The molecule has 2 aromatic carbocycles. The van der Waals surface area contributed by atoms with Crippen LogP contribution in [0.5, 0.6) is 11.5 Å². The van der Waals surface area contributed by atoms with Crippen LogP contribution in [-0.2, 0) is 0 Å². The summed E-state index contributed by atoms with van der Waals surface area (Å²) < 4.78 is 10.9. The molecule has 0 spiro atoms. The van der Waals surface area contributed by atoms with Gasteiger partial charge in [0, 0.05) is 29.2 Å². The third-order valence-electron chi connectivity index (χ3n) is 4.82. The first-order valence-electron chi connectivity index (χ1n) is 9.24. The summed E-state index contributed by atoms with van der Waals surface area (Å²) >= 11 is 0. The maximum atomic E-state index is 13.3. The molecule has 0 aliphatic carbocycles. The summed E-state index contributed by atoms with van der Waals surface area (Å²) in [5, 5.41) is 4.59.